The third-order valence-electron chi connectivity index (χ3n) is 8.35. The van der Waals surface area contributed by atoms with Crippen LogP contribution in [0.4, 0.5) is 0 Å². The molecule has 2 saturated carbocycles. The van der Waals surface area contributed by atoms with Gasteiger partial charge in [-0.25, -0.2) is 0 Å². The molecule has 3 fully saturated rings. The first-order chi connectivity index (χ1) is 11.6. The second kappa shape index (κ2) is 4.95. The number of Topliss-reactive ketones (excluding diaryl/α,β-unsaturated/α-hetero) is 2. The van der Waals surface area contributed by atoms with E-state index in [-0.39, 0.29) is 34.1 Å². The molecule has 5 heteroatoms. The Bertz CT molecular complexity index is 678. The molecule has 4 rings (SSSR count). The number of carbonyl (C=O) groups is 2. The average molecular weight is 348 g/mol. The number of hydrogen-bond acceptors (Lipinski definition) is 5. The van der Waals surface area contributed by atoms with E-state index in [0.29, 0.717) is 12.5 Å². The normalized spacial score (nSPS) is 51.5. The topological polar surface area (TPSA) is 87.1 Å². The zero-order chi connectivity index (χ0) is 18.3. The summed E-state index contributed by atoms with van der Waals surface area (Å²) in [5.41, 5.74) is -1.67. The number of aliphatic hydroxyl groups is 2. The number of epoxide rings is 1. The van der Waals surface area contributed by atoms with E-state index < -0.39 is 17.6 Å². The summed E-state index contributed by atoms with van der Waals surface area (Å²) >= 11 is 0. The first kappa shape index (κ1) is 17.2. The van der Waals surface area contributed by atoms with E-state index in [9.17, 15) is 19.8 Å². The van der Waals surface area contributed by atoms with Crippen LogP contribution in [-0.2, 0) is 14.3 Å². The SMILES string of the molecule is C[C@]1(C(=O)CO)CC[C@@]2(C)[C@@H](CC[C@@]3(C)[C@@H]2C=C(O)C(=O)[C@@]32CO2)C1. The van der Waals surface area contributed by atoms with Gasteiger partial charge in [0.2, 0.25) is 5.78 Å². The van der Waals surface area contributed by atoms with E-state index in [1.54, 1.807) is 6.08 Å². The van der Waals surface area contributed by atoms with Crippen LogP contribution in [0.3, 0.4) is 0 Å². The number of allylic oxidation sites excluding steroid dienone is 1. The molecular weight excluding hydrogens is 320 g/mol. The highest BCUT2D eigenvalue weighted by molar-refractivity contribution is 6.03. The average Bonchev–Trinajstić information content (AvgIpc) is 3.39. The van der Waals surface area contributed by atoms with Gasteiger partial charge in [-0.3, -0.25) is 9.59 Å². The predicted octanol–water partition coefficient (Wildman–Crippen LogP) is 2.57. The zero-order valence-electron chi connectivity index (χ0n) is 15.3. The van der Waals surface area contributed by atoms with Crippen LogP contribution in [0.2, 0.25) is 0 Å². The molecule has 0 amide bonds. The van der Waals surface area contributed by atoms with E-state index >= 15 is 0 Å². The van der Waals surface area contributed by atoms with Gasteiger partial charge in [0.15, 0.2) is 17.1 Å². The van der Waals surface area contributed by atoms with Crippen molar-refractivity contribution in [1.82, 2.24) is 0 Å². The summed E-state index contributed by atoms with van der Waals surface area (Å²) in [6.07, 6.45) is 5.95. The molecule has 2 N–H and O–H groups in total. The summed E-state index contributed by atoms with van der Waals surface area (Å²) in [7, 11) is 0. The molecule has 1 heterocycles. The lowest BCUT2D eigenvalue weighted by atomic mass is 9.42. The monoisotopic (exact) mass is 348 g/mol. The van der Waals surface area contributed by atoms with Crippen molar-refractivity contribution in [1.29, 1.82) is 0 Å². The van der Waals surface area contributed by atoms with Gasteiger partial charge in [-0.2, -0.15) is 0 Å². The Labute approximate surface area is 148 Å². The van der Waals surface area contributed by atoms with Crippen LogP contribution < -0.4 is 0 Å². The second-order valence-corrected chi connectivity index (χ2v) is 9.48. The van der Waals surface area contributed by atoms with Gasteiger partial charge in [0.25, 0.3) is 0 Å². The molecule has 0 radical (unpaired) electrons. The maximum atomic E-state index is 12.5. The molecule has 1 saturated heterocycles. The standard InChI is InChI=1S/C20H28O5/c1-17(15(23)10-21)6-7-18(2)12(9-17)4-5-19(3)14(18)8-13(22)16(24)20(19)11-25-20/h8,12,14,21-22H,4-7,9-11H2,1-3H3/t12-,14+,17-,18-,19-,20-/m0/s1. The van der Waals surface area contributed by atoms with Gasteiger partial charge >= 0.3 is 0 Å². The summed E-state index contributed by atoms with van der Waals surface area (Å²) in [5, 5.41) is 19.6. The molecule has 0 aromatic rings. The molecule has 0 bridgehead atoms. The molecule has 6 atom stereocenters. The van der Waals surface area contributed by atoms with Crippen molar-refractivity contribution in [3.63, 3.8) is 0 Å². The van der Waals surface area contributed by atoms with Gasteiger partial charge in [-0.05, 0) is 55.4 Å². The van der Waals surface area contributed by atoms with Crippen molar-refractivity contribution in [2.24, 2.45) is 28.1 Å². The third kappa shape index (κ3) is 1.97. The highest BCUT2D eigenvalue weighted by Gasteiger charge is 2.73. The summed E-state index contributed by atoms with van der Waals surface area (Å²) in [4.78, 5) is 24.8. The predicted molar refractivity (Wildman–Crippen MR) is 90.9 cm³/mol. The fraction of sp³-hybridized carbons (Fsp3) is 0.800. The Morgan fingerprint density at radius 1 is 1.28 bits per heavy atom. The smallest absolute Gasteiger partial charge is 0.231 e. The van der Waals surface area contributed by atoms with Crippen molar-refractivity contribution in [2.45, 2.75) is 58.5 Å². The molecule has 0 unspecified atom stereocenters. The van der Waals surface area contributed by atoms with Crippen molar-refractivity contribution >= 4 is 11.6 Å². The molecule has 5 nitrogen and oxygen atoms in total. The molecule has 1 spiro atoms. The number of carbonyl (C=O) groups excluding carboxylic acids is 2. The summed E-state index contributed by atoms with van der Waals surface area (Å²) in [5.74, 6) is -0.0753. The van der Waals surface area contributed by atoms with Crippen LogP contribution >= 0.6 is 0 Å². The van der Waals surface area contributed by atoms with E-state index in [0.717, 1.165) is 32.1 Å². The lowest BCUT2D eigenvalue weighted by Gasteiger charge is -2.61. The summed E-state index contributed by atoms with van der Waals surface area (Å²) in [6, 6.07) is 0. The minimum absolute atomic E-state index is 0.0627. The van der Waals surface area contributed by atoms with Gasteiger partial charge in [0.1, 0.15) is 6.61 Å². The number of rotatable bonds is 2. The first-order valence-electron chi connectivity index (χ1n) is 9.37. The molecule has 1 aliphatic heterocycles. The summed E-state index contributed by atoms with van der Waals surface area (Å²) < 4.78 is 5.68. The third-order valence-corrected chi connectivity index (χ3v) is 8.35. The number of hydrogen-bond donors (Lipinski definition) is 2. The van der Waals surface area contributed by atoms with Gasteiger partial charge in [0.05, 0.1) is 6.61 Å². The van der Waals surface area contributed by atoms with E-state index in [1.165, 1.54) is 0 Å². The highest BCUT2D eigenvalue weighted by Crippen LogP contribution is 2.69. The van der Waals surface area contributed by atoms with E-state index in [4.69, 9.17) is 4.74 Å². The van der Waals surface area contributed by atoms with Crippen molar-refractivity contribution in [3.05, 3.63) is 11.8 Å². The van der Waals surface area contributed by atoms with Crippen LogP contribution in [0, 0.1) is 28.1 Å². The maximum Gasteiger partial charge on any atom is 0.231 e. The van der Waals surface area contributed by atoms with Crippen LogP contribution in [0.25, 0.3) is 0 Å². The molecule has 0 aromatic carbocycles. The molecule has 0 aromatic heterocycles. The Balaban J connectivity index is 1.72. The molecule has 4 aliphatic rings. The number of aliphatic hydroxyl groups excluding tert-OH is 2. The highest BCUT2D eigenvalue weighted by atomic mass is 16.6. The minimum Gasteiger partial charge on any atom is -0.505 e. The second-order valence-electron chi connectivity index (χ2n) is 9.48. The Hall–Kier alpha value is -1.20. The van der Waals surface area contributed by atoms with E-state index in [2.05, 4.69) is 13.8 Å². The number of fused-ring (bicyclic) bond motifs is 4. The van der Waals surface area contributed by atoms with Gasteiger partial charge in [-0.1, -0.05) is 20.8 Å². The number of ether oxygens (including phenoxy) is 1. The van der Waals surface area contributed by atoms with E-state index in [1.807, 2.05) is 6.92 Å². The lowest BCUT2D eigenvalue weighted by molar-refractivity contribution is -0.155. The van der Waals surface area contributed by atoms with Crippen molar-refractivity contribution in [3.8, 4) is 0 Å². The van der Waals surface area contributed by atoms with Crippen molar-refractivity contribution < 1.29 is 24.5 Å². The largest absolute Gasteiger partial charge is 0.505 e. The van der Waals surface area contributed by atoms with Crippen LogP contribution in [0.15, 0.2) is 11.8 Å². The Morgan fingerprint density at radius 2 is 1.96 bits per heavy atom. The molecular formula is C20H28O5. The number of ketones is 2. The first-order valence-corrected chi connectivity index (χ1v) is 9.37. The fourth-order valence-electron chi connectivity index (χ4n) is 6.33. The summed E-state index contributed by atoms with van der Waals surface area (Å²) in [6.45, 7) is 6.37. The van der Waals surface area contributed by atoms with Crippen molar-refractivity contribution in [2.75, 3.05) is 13.2 Å². The van der Waals surface area contributed by atoms with Gasteiger partial charge in [-0.15, -0.1) is 0 Å². The quantitative estimate of drug-likeness (QED) is 0.749. The minimum atomic E-state index is -0.841. The lowest BCUT2D eigenvalue weighted by Crippen LogP contribution is -2.61. The Morgan fingerprint density at radius 3 is 2.56 bits per heavy atom. The van der Waals surface area contributed by atoms with Crippen LogP contribution in [0.1, 0.15) is 52.9 Å². The molecule has 3 aliphatic carbocycles. The van der Waals surface area contributed by atoms with Crippen LogP contribution in [0.5, 0.6) is 0 Å². The Kier molecular flexibility index (Phi) is 3.41. The van der Waals surface area contributed by atoms with Crippen LogP contribution in [-0.4, -0.2) is 40.6 Å². The van der Waals surface area contributed by atoms with Gasteiger partial charge in [0, 0.05) is 10.8 Å². The molecule has 25 heavy (non-hydrogen) atoms. The fourth-order valence-corrected chi connectivity index (χ4v) is 6.33. The maximum absolute atomic E-state index is 12.5. The zero-order valence-corrected chi connectivity index (χ0v) is 15.3. The molecule has 138 valence electrons. The van der Waals surface area contributed by atoms with Gasteiger partial charge < -0.3 is 14.9 Å².